The molecule has 4 aromatic rings. The fourth-order valence-electron chi connectivity index (χ4n) is 2.96. The van der Waals surface area contributed by atoms with Gasteiger partial charge in [-0.25, -0.2) is 5.43 Å². The number of phenols is 1. The molecule has 10 nitrogen and oxygen atoms in total. The van der Waals surface area contributed by atoms with E-state index in [1.54, 1.807) is 25.3 Å². The highest BCUT2D eigenvalue weighted by molar-refractivity contribution is 5.85. The van der Waals surface area contributed by atoms with Gasteiger partial charge in [0.05, 0.1) is 20.4 Å². The first-order valence-electron chi connectivity index (χ1n) is 10.3. The Labute approximate surface area is 196 Å². The lowest BCUT2D eigenvalue weighted by atomic mass is 10.2. The highest BCUT2D eigenvalue weighted by atomic mass is 16.5. The quantitative estimate of drug-likeness (QED) is 0.212. The number of nitrogens with zero attached hydrogens (tertiary/aromatic N) is 4. The van der Waals surface area contributed by atoms with Gasteiger partial charge >= 0.3 is 0 Å². The summed E-state index contributed by atoms with van der Waals surface area (Å²) in [6.45, 7) is 0. The van der Waals surface area contributed by atoms with Gasteiger partial charge in [0, 0.05) is 16.9 Å². The molecule has 0 spiro atoms. The zero-order valence-electron chi connectivity index (χ0n) is 18.6. The van der Waals surface area contributed by atoms with Gasteiger partial charge in [-0.05, 0) is 48.5 Å². The van der Waals surface area contributed by atoms with E-state index in [2.05, 4.69) is 36.1 Å². The lowest BCUT2D eigenvalue weighted by molar-refractivity contribution is 0.373. The summed E-state index contributed by atoms with van der Waals surface area (Å²) in [6, 6.07) is 22.0. The zero-order valence-corrected chi connectivity index (χ0v) is 18.6. The molecule has 1 heterocycles. The zero-order chi connectivity index (χ0) is 23.8. The molecule has 1 aromatic heterocycles. The molecule has 0 bridgehead atoms. The maximum atomic E-state index is 10.2. The number of hydrazone groups is 1. The minimum atomic E-state index is -0.0144. The SMILES string of the molecule is COc1ccc(Nc2nc(NN=Cc3cccc(OC)c3O)nc(Nc3ccccc3)n2)cc1. The number of nitrogens with one attached hydrogen (secondary N) is 3. The third kappa shape index (κ3) is 5.68. The first kappa shape index (κ1) is 22.3. The molecular weight excluding hydrogens is 434 g/mol. The van der Waals surface area contributed by atoms with Gasteiger partial charge in [-0.1, -0.05) is 24.3 Å². The van der Waals surface area contributed by atoms with Crippen molar-refractivity contribution in [2.45, 2.75) is 0 Å². The van der Waals surface area contributed by atoms with Gasteiger partial charge in [0.2, 0.25) is 17.8 Å². The monoisotopic (exact) mass is 457 g/mol. The average Bonchev–Trinajstić information content (AvgIpc) is 2.86. The predicted octanol–water partition coefficient (Wildman–Crippen LogP) is 4.53. The van der Waals surface area contributed by atoms with Gasteiger partial charge in [0.25, 0.3) is 0 Å². The van der Waals surface area contributed by atoms with Gasteiger partial charge < -0.3 is 25.2 Å². The topological polar surface area (TPSA) is 126 Å². The molecule has 0 unspecified atom stereocenters. The number of hydrogen-bond donors (Lipinski definition) is 4. The van der Waals surface area contributed by atoms with E-state index >= 15 is 0 Å². The summed E-state index contributed by atoms with van der Waals surface area (Å²) in [5.41, 5.74) is 4.85. The first-order chi connectivity index (χ1) is 16.6. The Morgan fingerprint density at radius 2 is 1.38 bits per heavy atom. The van der Waals surface area contributed by atoms with Crippen LogP contribution in [0.5, 0.6) is 17.2 Å². The van der Waals surface area contributed by atoms with Crippen LogP contribution >= 0.6 is 0 Å². The molecule has 34 heavy (non-hydrogen) atoms. The lowest BCUT2D eigenvalue weighted by Gasteiger charge is -2.10. The van der Waals surface area contributed by atoms with Crippen LogP contribution in [0.2, 0.25) is 0 Å². The number of benzene rings is 3. The third-order valence-electron chi connectivity index (χ3n) is 4.63. The second-order valence-electron chi connectivity index (χ2n) is 6.92. The number of aromatic hydroxyl groups is 1. The molecule has 4 rings (SSSR count). The maximum absolute atomic E-state index is 10.2. The average molecular weight is 457 g/mol. The number of rotatable bonds is 9. The van der Waals surface area contributed by atoms with Crippen molar-refractivity contribution in [3.05, 3.63) is 78.4 Å². The van der Waals surface area contributed by atoms with Crippen LogP contribution in [0.3, 0.4) is 0 Å². The lowest BCUT2D eigenvalue weighted by Crippen LogP contribution is -2.07. The number of aromatic nitrogens is 3. The van der Waals surface area contributed by atoms with Crippen molar-refractivity contribution in [3.8, 4) is 17.2 Å². The van der Waals surface area contributed by atoms with Crippen LogP contribution in [-0.2, 0) is 0 Å². The standard InChI is InChI=1S/C24H23N7O3/c1-33-19-13-11-18(12-14-19)27-23-28-22(26-17-8-4-3-5-9-17)29-24(30-23)31-25-15-16-7-6-10-20(34-2)21(16)32/h3-15,32H,1-2H3,(H3,26,27,28,29,30,31). The molecule has 0 aliphatic rings. The molecule has 0 aliphatic heterocycles. The van der Waals surface area contributed by atoms with Crippen molar-refractivity contribution in [1.29, 1.82) is 0 Å². The van der Waals surface area contributed by atoms with E-state index in [-0.39, 0.29) is 11.7 Å². The van der Waals surface area contributed by atoms with Gasteiger partial charge in [-0.2, -0.15) is 20.1 Å². The molecule has 0 fully saturated rings. The van der Waals surface area contributed by atoms with Crippen molar-refractivity contribution >= 4 is 35.4 Å². The molecule has 0 saturated carbocycles. The van der Waals surface area contributed by atoms with Crippen LogP contribution in [-0.4, -0.2) is 40.5 Å². The molecule has 0 amide bonds. The number of hydrogen-bond acceptors (Lipinski definition) is 10. The van der Waals surface area contributed by atoms with Gasteiger partial charge in [-0.3, -0.25) is 0 Å². The summed E-state index contributed by atoms with van der Waals surface area (Å²) in [7, 11) is 3.09. The van der Waals surface area contributed by atoms with Gasteiger partial charge in [-0.15, -0.1) is 0 Å². The van der Waals surface area contributed by atoms with Crippen LogP contribution in [0, 0.1) is 0 Å². The van der Waals surface area contributed by atoms with Crippen LogP contribution in [0.15, 0.2) is 77.9 Å². The molecule has 0 saturated heterocycles. The highest BCUT2D eigenvalue weighted by Gasteiger charge is 2.09. The Hall–Kier alpha value is -4.86. The first-order valence-corrected chi connectivity index (χ1v) is 10.3. The van der Waals surface area contributed by atoms with Crippen LogP contribution < -0.4 is 25.5 Å². The second kappa shape index (κ2) is 10.6. The van der Waals surface area contributed by atoms with Crippen LogP contribution in [0.1, 0.15) is 5.56 Å². The normalized spacial score (nSPS) is 10.6. The number of ether oxygens (including phenoxy) is 2. The molecule has 3 aromatic carbocycles. The Bertz CT molecular complexity index is 1270. The third-order valence-corrected chi connectivity index (χ3v) is 4.63. The minimum Gasteiger partial charge on any atom is -0.504 e. The number of anilines is 5. The van der Waals surface area contributed by atoms with Crippen molar-refractivity contribution in [3.63, 3.8) is 0 Å². The smallest absolute Gasteiger partial charge is 0.250 e. The second-order valence-corrected chi connectivity index (χ2v) is 6.92. The van der Waals surface area contributed by atoms with E-state index in [0.29, 0.717) is 23.2 Å². The summed E-state index contributed by atoms with van der Waals surface area (Å²) >= 11 is 0. The van der Waals surface area contributed by atoms with Crippen molar-refractivity contribution < 1.29 is 14.6 Å². The van der Waals surface area contributed by atoms with Crippen molar-refractivity contribution in [1.82, 2.24) is 15.0 Å². The highest BCUT2D eigenvalue weighted by Crippen LogP contribution is 2.28. The Balaban J connectivity index is 1.58. The molecule has 4 N–H and O–H groups in total. The Kier molecular flexibility index (Phi) is 6.99. The van der Waals surface area contributed by atoms with Crippen molar-refractivity contribution in [2.75, 3.05) is 30.3 Å². The van der Waals surface area contributed by atoms with E-state index in [1.807, 2.05) is 54.6 Å². The summed E-state index contributed by atoms with van der Waals surface area (Å²) in [5.74, 6) is 1.90. The van der Waals surface area contributed by atoms with E-state index in [0.717, 1.165) is 17.1 Å². The van der Waals surface area contributed by atoms with E-state index in [4.69, 9.17) is 9.47 Å². The van der Waals surface area contributed by atoms with Gasteiger partial charge in [0.15, 0.2) is 11.5 Å². The van der Waals surface area contributed by atoms with Gasteiger partial charge in [0.1, 0.15) is 5.75 Å². The van der Waals surface area contributed by atoms with Crippen molar-refractivity contribution in [2.24, 2.45) is 5.10 Å². The maximum Gasteiger partial charge on any atom is 0.250 e. The fourth-order valence-corrected chi connectivity index (χ4v) is 2.96. The molecular formula is C24H23N7O3. The Morgan fingerprint density at radius 1 is 0.735 bits per heavy atom. The number of phenolic OH excluding ortho intramolecular Hbond substituents is 1. The summed E-state index contributed by atoms with van der Waals surface area (Å²) in [5, 5.41) is 20.7. The summed E-state index contributed by atoms with van der Waals surface area (Å²) < 4.78 is 10.3. The Morgan fingerprint density at radius 3 is 2.03 bits per heavy atom. The van der Waals surface area contributed by atoms with E-state index in [9.17, 15) is 5.11 Å². The molecule has 0 atom stereocenters. The van der Waals surface area contributed by atoms with E-state index in [1.165, 1.54) is 13.3 Å². The fraction of sp³-hybridized carbons (Fsp3) is 0.0833. The van der Waals surface area contributed by atoms with E-state index < -0.39 is 0 Å². The van der Waals surface area contributed by atoms with Crippen LogP contribution in [0.4, 0.5) is 29.2 Å². The summed E-state index contributed by atoms with van der Waals surface area (Å²) in [6.07, 6.45) is 1.45. The summed E-state index contributed by atoms with van der Waals surface area (Å²) in [4.78, 5) is 13.2. The molecule has 0 radical (unpaired) electrons. The predicted molar refractivity (Wildman–Crippen MR) is 132 cm³/mol. The number of methoxy groups -OCH3 is 2. The minimum absolute atomic E-state index is 0.0144. The molecule has 0 aliphatic carbocycles. The largest absolute Gasteiger partial charge is 0.504 e. The molecule has 172 valence electrons. The molecule has 10 heteroatoms. The van der Waals surface area contributed by atoms with Crippen LogP contribution in [0.25, 0.3) is 0 Å². The number of para-hydroxylation sites is 2.